The van der Waals surface area contributed by atoms with E-state index >= 15 is 0 Å². The third-order valence-electron chi connectivity index (χ3n) is 5.78. The molecule has 0 fully saturated rings. The molecule has 1 unspecified atom stereocenters. The van der Waals surface area contributed by atoms with Gasteiger partial charge in [0.25, 0.3) is 5.91 Å². The van der Waals surface area contributed by atoms with Crippen molar-refractivity contribution in [2.45, 2.75) is 135 Å². The molecule has 6 nitrogen and oxygen atoms in total. The predicted molar refractivity (Wildman–Crippen MR) is 126 cm³/mol. The first kappa shape index (κ1) is 29.9. The quantitative estimate of drug-likeness (QED) is 0.171. The first-order valence-electron chi connectivity index (χ1n) is 12.6. The highest BCUT2D eigenvalue weighted by Crippen LogP contribution is 2.14. The maximum atomic E-state index is 12.0. The summed E-state index contributed by atoms with van der Waals surface area (Å²) in [6, 6.07) is 0. The van der Waals surface area contributed by atoms with Gasteiger partial charge in [0.2, 0.25) is 0 Å². The molecule has 0 saturated carbocycles. The third-order valence-corrected chi connectivity index (χ3v) is 5.78. The molecule has 0 bridgehead atoms. The number of esters is 1. The van der Waals surface area contributed by atoms with Gasteiger partial charge in [-0.25, -0.2) is 0 Å². The van der Waals surface area contributed by atoms with Crippen molar-refractivity contribution in [3.63, 3.8) is 0 Å². The van der Waals surface area contributed by atoms with E-state index in [0.29, 0.717) is 6.42 Å². The average molecular weight is 444 g/mol. The molecule has 0 spiro atoms. The minimum atomic E-state index is -1.12. The lowest BCUT2D eigenvalue weighted by atomic mass is 10.0. The molecular formula is C25H49NO5. The van der Waals surface area contributed by atoms with Crippen molar-refractivity contribution in [3.8, 4) is 0 Å². The van der Waals surface area contributed by atoms with Gasteiger partial charge in [-0.05, 0) is 20.3 Å². The summed E-state index contributed by atoms with van der Waals surface area (Å²) in [7, 11) is 0. The Bertz CT molecular complexity index is 451. The number of ether oxygens (including phenoxy) is 1. The summed E-state index contributed by atoms with van der Waals surface area (Å²) in [6.07, 6.45) is 18.4. The summed E-state index contributed by atoms with van der Waals surface area (Å²) in [5.74, 6) is -0.900. The van der Waals surface area contributed by atoms with E-state index in [0.717, 1.165) is 19.3 Å². The van der Waals surface area contributed by atoms with E-state index < -0.39 is 30.8 Å². The molecule has 0 aromatic rings. The maximum Gasteiger partial charge on any atom is 0.306 e. The van der Waals surface area contributed by atoms with Gasteiger partial charge in [0.1, 0.15) is 0 Å². The van der Waals surface area contributed by atoms with Crippen LogP contribution in [0.5, 0.6) is 0 Å². The molecular weight excluding hydrogens is 394 g/mol. The smallest absolute Gasteiger partial charge is 0.306 e. The number of hydrogen-bond donors (Lipinski definition) is 3. The molecule has 3 N–H and O–H groups in total. The highest BCUT2D eigenvalue weighted by atomic mass is 16.5. The van der Waals surface area contributed by atoms with Crippen molar-refractivity contribution in [2.24, 2.45) is 0 Å². The molecule has 0 aliphatic carbocycles. The van der Waals surface area contributed by atoms with E-state index in [1.165, 1.54) is 90.9 Å². The lowest BCUT2D eigenvalue weighted by Gasteiger charge is -2.27. The Morgan fingerprint density at radius 1 is 0.774 bits per heavy atom. The van der Waals surface area contributed by atoms with Crippen LogP contribution in [-0.2, 0) is 14.3 Å². The Kier molecular flexibility index (Phi) is 18.8. The molecule has 0 heterocycles. The molecule has 184 valence electrons. The summed E-state index contributed by atoms with van der Waals surface area (Å²) in [5, 5.41) is 20.9. The average Bonchev–Trinajstić information content (AvgIpc) is 2.76. The summed E-state index contributed by atoms with van der Waals surface area (Å²) < 4.78 is 5.15. The number of amides is 1. The number of unbranched alkanes of at least 4 members (excludes halogenated alkanes) is 14. The third kappa shape index (κ3) is 17.1. The van der Waals surface area contributed by atoms with Gasteiger partial charge in [0.05, 0.1) is 18.8 Å². The fourth-order valence-electron chi connectivity index (χ4n) is 3.48. The van der Waals surface area contributed by atoms with Crippen molar-refractivity contribution in [1.29, 1.82) is 0 Å². The number of rotatable bonds is 21. The van der Waals surface area contributed by atoms with Crippen LogP contribution < -0.4 is 5.32 Å². The zero-order chi connectivity index (χ0) is 23.4. The summed E-state index contributed by atoms with van der Waals surface area (Å²) >= 11 is 0. The Hall–Kier alpha value is -1.14. The van der Waals surface area contributed by atoms with Crippen LogP contribution in [0.4, 0.5) is 0 Å². The highest BCUT2D eigenvalue weighted by molar-refractivity contribution is 5.83. The fourth-order valence-corrected chi connectivity index (χ4v) is 3.48. The molecule has 0 saturated heterocycles. The fraction of sp³-hybridized carbons (Fsp3) is 0.920. The van der Waals surface area contributed by atoms with Crippen molar-refractivity contribution in [3.05, 3.63) is 0 Å². The van der Waals surface area contributed by atoms with Crippen molar-refractivity contribution in [1.82, 2.24) is 5.32 Å². The maximum absolute atomic E-state index is 12.0. The first-order chi connectivity index (χ1) is 14.9. The number of nitrogens with one attached hydrogen (secondary N) is 1. The van der Waals surface area contributed by atoms with Gasteiger partial charge in [-0.1, -0.05) is 96.8 Å². The highest BCUT2D eigenvalue weighted by Gasteiger charge is 2.28. The van der Waals surface area contributed by atoms with E-state index in [2.05, 4.69) is 12.2 Å². The van der Waals surface area contributed by atoms with E-state index in [1.807, 2.05) is 0 Å². The van der Waals surface area contributed by atoms with Crippen LogP contribution in [0.3, 0.4) is 0 Å². The van der Waals surface area contributed by atoms with Gasteiger partial charge in [-0.15, -0.1) is 0 Å². The standard InChI is InChI=1S/C25H49NO5/c1-4-5-6-7-8-9-10-11-12-13-14-15-16-17-18-19-23(29)31-22(2)24(30)26-25(3,20-27)21-28/h22,27-28H,4-21H2,1-3H3,(H,26,30). The largest absolute Gasteiger partial charge is 0.453 e. The van der Waals surface area contributed by atoms with Crippen LogP contribution in [0, 0.1) is 0 Å². The number of aliphatic hydroxyl groups excluding tert-OH is 2. The topological polar surface area (TPSA) is 95.9 Å². The molecule has 6 heteroatoms. The van der Waals surface area contributed by atoms with E-state index in [1.54, 1.807) is 0 Å². The molecule has 0 rings (SSSR count). The second-order valence-electron chi connectivity index (χ2n) is 9.20. The van der Waals surface area contributed by atoms with Crippen LogP contribution in [0.15, 0.2) is 0 Å². The van der Waals surface area contributed by atoms with Crippen LogP contribution in [0.1, 0.15) is 124 Å². The van der Waals surface area contributed by atoms with E-state index in [4.69, 9.17) is 4.74 Å². The number of hydrogen-bond acceptors (Lipinski definition) is 5. The van der Waals surface area contributed by atoms with Gasteiger partial charge in [0, 0.05) is 6.42 Å². The molecule has 0 aliphatic heterocycles. The zero-order valence-corrected chi connectivity index (χ0v) is 20.4. The monoisotopic (exact) mass is 443 g/mol. The lowest BCUT2D eigenvalue weighted by Crippen LogP contribution is -2.54. The first-order valence-corrected chi connectivity index (χ1v) is 12.6. The van der Waals surface area contributed by atoms with Crippen LogP contribution in [0.2, 0.25) is 0 Å². The summed E-state index contributed by atoms with van der Waals surface area (Å²) in [4.78, 5) is 23.9. The SMILES string of the molecule is CCCCCCCCCCCCCCCCCC(=O)OC(C)C(=O)NC(C)(CO)CO. The molecule has 0 aromatic heterocycles. The van der Waals surface area contributed by atoms with Crippen LogP contribution >= 0.6 is 0 Å². The molecule has 1 atom stereocenters. The second kappa shape index (κ2) is 19.5. The normalized spacial score (nSPS) is 12.5. The summed E-state index contributed by atoms with van der Waals surface area (Å²) in [5.41, 5.74) is -1.12. The minimum absolute atomic E-state index is 0.313. The Labute approximate surface area is 190 Å². The zero-order valence-electron chi connectivity index (χ0n) is 20.4. The molecule has 0 aliphatic rings. The van der Waals surface area contributed by atoms with Gasteiger partial charge >= 0.3 is 5.97 Å². The summed E-state index contributed by atoms with van der Waals surface area (Å²) in [6.45, 7) is 4.49. The van der Waals surface area contributed by atoms with Crippen LogP contribution in [0.25, 0.3) is 0 Å². The molecule has 1 amide bonds. The van der Waals surface area contributed by atoms with Crippen molar-refractivity contribution >= 4 is 11.9 Å². The minimum Gasteiger partial charge on any atom is -0.453 e. The van der Waals surface area contributed by atoms with Gasteiger partial charge < -0.3 is 20.3 Å². The Morgan fingerprint density at radius 3 is 1.55 bits per heavy atom. The van der Waals surface area contributed by atoms with E-state index in [-0.39, 0.29) is 5.97 Å². The van der Waals surface area contributed by atoms with Crippen molar-refractivity contribution in [2.75, 3.05) is 13.2 Å². The lowest BCUT2D eigenvalue weighted by molar-refractivity contribution is -0.155. The number of carbonyl (C=O) groups is 2. The second-order valence-corrected chi connectivity index (χ2v) is 9.20. The van der Waals surface area contributed by atoms with Crippen LogP contribution in [-0.4, -0.2) is 46.9 Å². The number of carbonyl (C=O) groups excluding carboxylic acids is 2. The van der Waals surface area contributed by atoms with Gasteiger partial charge in [0.15, 0.2) is 6.10 Å². The van der Waals surface area contributed by atoms with E-state index in [9.17, 15) is 19.8 Å². The van der Waals surface area contributed by atoms with Crippen molar-refractivity contribution < 1.29 is 24.5 Å². The Morgan fingerprint density at radius 2 is 1.16 bits per heavy atom. The van der Waals surface area contributed by atoms with Gasteiger partial charge in [-0.3, -0.25) is 9.59 Å². The molecule has 0 aromatic carbocycles. The Balaban J connectivity index is 3.54. The van der Waals surface area contributed by atoms with Gasteiger partial charge in [-0.2, -0.15) is 0 Å². The predicted octanol–water partition coefficient (Wildman–Crippen LogP) is 5.04. The molecule has 0 radical (unpaired) electrons. The molecule has 31 heavy (non-hydrogen) atoms. The number of aliphatic hydroxyl groups is 2.